The highest BCUT2D eigenvalue weighted by molar-refractivity contribution is 5.93. The number of amides is 1. The molecular formula is C24H30FN5O. The van der Waals surface area contributed by atoms with E-state index in [-0.39, 0.29) is 11.7 Å². The van der Waals surface area contributed by atoms with Crippen LogP contribution in [-0.4, -0.2) is 59.0 Å². The summed E-state index contributed by atoms with van der Waals surface area (Å²) < 4.78 is 15.3. The van der Waals surface area contributed by atoms with Gasteiger partial charge in [-0.2, -0.15) is 5.26 Å². The van der Waals surface area contributed by atoms with Gasteiger partial charge in [0.05, 0.1) is 12.1 Å². The number of hydrogen-bond acceptors (Lipinski definition) is 4. The first-order valence-corrected chi connectivity index (χ1v) is 11.1. The zero-order valence-electron chi connectivity index (χ0n) is 18.3. The molecule has 2 aliphatic rings. The molecule has 1 amide bonds. The van der Waals surface area contributed by atoms with Gasteiger partial charge in [-0.15, -0.1) is 0 Å². The van der Waals surface area contributed by atoms with Crippen molar-refractivity contribution < 1.29 is 9.18 Å². The molecule has 3 heterocycles. The Labute approximate surface area is 183 Å². The van der Waals surface area contributed by atoms with Crippen LogP contribution >= 0.6 is 0 Å². The van der Waals surface area contributed by atoms with Gasteiger partial charge < -0.3 is 10.2 Å². The van der Waals surface area contributed by atoms with E-state index in [0.29, 0.717) is 29.7 Å². The Hall–Kier alpha value is -2.69. The van der Waals surface area contributed by atoms with Crippen LogP contribution in [0.15, 0.2) is 24.3 Å². The topological polar surface area (TPSA) is 64.3 Å². The molecular weight excluding hydrogens is 393 g/mol. The van der Waals surface area contributed by atoms with E-state index in [1.807, 2.05) is 18.4 Å². The summed E-state index contributed by atoms with van der Waals surface area (Å²) >= 11 is 0. The van der Waals surface area contributed by atoms with Crippen molar-refractivity contribution in [3.05, 3.63) is 46.9 Å². The minimum Gasteiger partial charge on any atom is -0.310 e. The van der Waals surface area contributed by atoms with Crippen LogP contribution in [0.1, 0.15) is 42.5 Å². The molecule has 0 radical (unpaired) electrons. The molecule has 31 heavy (non-hydrogen) atoms. The van der Waals surface area contributed by atoms with Crippen LogP contribution in [0.2, 0.25) is 0 Å². The lowest BCUT2D eigenvalue weighted by Crippen LogP contribution is -2.43. The fourth-order valence-electron chi connectivity index (χ4n) is 4.90. The van der Waals surface area contributed by atoms with Crippen LogP contribution in [0.5, 0.6) is 0 Å². The van der Waals surface area contributed by atoms with Crippen LogP contribution in [0.3, 0.4) is 0 Å². The lowest BCUT2D eigenvalue weighted by Gasteiger charge is -2.28. The van der Waals surface area contributed by atoms with E-state index < -0.39 is 0 Å². The lowest BCUT2D eigenvalue weighted by atomic mass is 10.2. The Kier molecular flexibility index (Phi) is 6.40. The van der Waals surface area contributed by atoms with E-state index in [1.165, 1.54) is 25.0 Å². The second kappa shape index (κ2) is 9.21. The molecule has 1 unspecified atom stereocenters. The molecule has 4 rings (SSSR count). The second-order valence-corrected chi connectivity index (χ2v) is 8.68. The average molecular weight is 424 g/mol. The first-order valence-electron chi connectivity index (χ1n) is 11.1. The molecule has 1 aromatic heterocycles. The average Bonchev–Trinajstić information content (AvgIpc) is 3.46. The fourth-order valence-corrected chi connectivity index (χ4v) is 4.90. The summed E-state index contributed by atoms with van der Waals surface area (Å²) in [4.78, 5) is 17.8. The van der Waals surface area contributed by atoms with Gasteiger partial charge in [0.15, 0.2) is 0 Å². The molecule has 164 valence electrons. The number of benzene rings is 1. The first-order chi connectivity index (χ1) is 15.0. The summed E-state index contributed by atoms with van der Waals surface area (Å²) in [5.74, 6) is 0.0181. The molecule has 1 aromatic carbocycles. The van der Waals surface area contributed by atoms with Gasteiger partial charge in [0, 0.05) is 24.0 Å². The van der Waals surface area contributed by atoms with Gasteiger partial charge in [-0.3, -0.25) is 14.3 Å². The van der Waals surface area contributed by atoms with E-state index >= 15 is 0 Å². The number of carbonyl (C=O) groups is 1. The molecule has 0 aliphatic carbocycles. The third-order valence-corrected chi connectivity index (χ3v) is 6.68. The van der Waals surface area contributed by atoms with Crippen molar-refractivity contribution >= 4 is 11.7 Å². The number of rotatable bonds is 6. The van der Waals surface area contributed by atoms with Crippen molar-refractivity contribution in [2.45, 2.75) is 45.6 Å². The predicted molar refractivity (Wildman–Crippen MR) is 119 cm³/mol. The predicted octanol–water partition coefficient (Wildman–Crippen LogP) is 3.60. The number of nitrogens with zero attached hydrogens (tertiary/aromatic N) is 4. The van der Waals surface area contributed by atoms with Crippen molar-refractivity contribution in [2.24, 2.45) is 0 Å². The van der Waals surface area contributed by atoms with Gasteiger partial charge in [0.2, 0.25) is 5.91 Å². The SMILES string of the molecule is Cc1c(C#N)c(NC(=O)CN2CCCC2CN2CCCC2)n(-c2ccc(F)cc2)c1C. The van der Waals surface area contributed by atoms with E-state index in [4.69, 9.17) is 0 Å². The summed E-state index contributed by atoms with van der Waals surface area (Å²) in [6.07, 6.45) is 4.77. The highest BCUT2D eigenvalue weighted by Gasteiger charge is 2.29. The quantitative estimate of drug-likeness (QED) is 0.771. The van der Waals surface area contributed by atoms with Crippen LogP contribution in [0.25, 0.3) is 5.69 Å². The number of nitrogens with one attached hydrogen (secondary N) is 1. The molecule has 2 aliphatic heterocycles. The Bertz CT molecular complexity index is 985. The minimum absolute atomic E-state index is 0.120. The van der Waals surface area contributed by atoms with Gasteiger partial charge in [0.1, 0.15) is 17.7 Å². The molecule has 2 fully saturated rings. The van der Waals surface area contributed by atoms with Gasteiger partial charge in [0.25, 0.3) is 0 Å². The van der Waals surface area contributed by atoms with Crippen molar-refractivity contribution in [2.75, 3.05) is 38.0 Å². The van der Waals surface area contributed by atoms with Crippen molar-refractivity contribution in [3.63, 3.8) is 0 Å². The van der Waals surface area contributed by atoms with Crippen LogP contribution in [0, 0.1) is 31.0 Å². The monoisotopic (exact) mass is 423 g/mol. The standard InChI is InChI=1S/C24H30FN5O/c1-17-18(2)30(20-9-7-19(25)8-10-20)24(22(17)14-26)27-23(31)16-29-13-5-6-21(29)15-28-11-3-4-12-28/h7-10,21H,3-6,11-13,15-16H2,1-2H3,(H,27,31). The molecule has 0 bridgehead atoms. The van der Waals surface area contributed by atoms with E-state index in [0.717, 1.165) is 50.3 Å². The number of hydrogen-bond donors (Lipinski definition) is 1. The normalized spacial score (nSPS) is 19.6. The van der Waals surface area contributed by atoms with Gasteiger partial charge >= 0.3 is 0 Å². The van der Waals surface area contributed by atoms with Crippen LogP contribution in [-0.2, 0) is 4.79 Å². The second-order valence-electron chi connectivity index (χ2n) is 8.68. The molecule has 0 spiro atoms. The van der Waals surface area contributed by atoms with Crippen molar-refractivity contribution in [1.82, 2.24) is 14.4 Å². The van der Waals surface area contributed by atoms with E-state index in [1.54, 1.807) is 12.1 Å². The molecule has 2 aromatic rings. The third-order valence-electron chi connectivity index (χ3n) is 6.68. The Morgan fingerprint density at radius 1 is 1.16 bits per heavy atom. The Balaban J connectivity index is 1.53. The maximum absolute atomic E-state index is 13.4. The molecule has 7 heteroatoms. The van der Waals surface area contributed by atoms with Crippen LogP contribution in [0.4, 0.5) is 10.2 Å². The Morgan fingerprint density at radius 3 is 2.55 bits per heavy atom. The summed E-state index contributed by atoms with van der Waals surface area (Å²) in [6, 6.07) is 8.72. The molecule has 2 saturated heterocycles. The maximum atomic E-state index is 13.4. The van der Waals surface area contributed by atoms with Gasteiger partial charge in [-0.25, -0.2) is 4.39 Å². The summed E-state index contributed by atoms with van der Waals surface area (Å²) in [6.45, 7) is 8.36. The highest BCUT2D eigenvalue weighted by Crippen LogP contribution is 2.30. The summed E-state index contributed by atoms with van der Waals surface area (Å²) in [5, 5.41) is 12.7. The van der Waals surface area contributed by atoms with E-state index in [2.05, 4.69) is 21.2 Å². The maximum Gasteiger partial charge on any atom is 0.239 e. The number of anilines is 1. The number of likely N-dealkylation sites (tertiary alicyclic amines) is 2. The van der Waals surface area contributed by atoms with Crippen molar-refractivity contribution in [1.29, 1.82) is 5.26 Å². The Morgan fingerprint density at radius 2 is 1.87 bits per heavy atom. The molecule has 0 saturated carbocycles. The third kappa shape index (κ3) is 4.51. The summed E-state index contributed by atoms with van der Waals surface area (Å²) in [7, 11) is 0. The van der Waals surface area contributed by atoms with Gasteiger partial charge in [-0.1, -0.05) is 0 Å². The van der Waals surface area contributed by atoms with Crippen molar-refractivity contribution in [3.8, 4) is 11.8 Å². The van der Waals surface area contributed by atoms with E-state index in [9.17, 15) is 14.4 Å². The number of nitriles is 1. The summed E-state index contributed by atoms with van der Waals surface area (Å²) in [5.41, 5.74) is 2.83. The van der Waals surface area contributed by atoms with Crippen LogP contribution < -0.4 is 5.32 Å². The first kappa shape index (κ1) is 21.5. The zero-order chi connectivity index (χ0) is 22.0. The minimum atomic E-state index is -0.325. The fraction of sp³-hybridized carbons (Fsp3) is 0.500. The number of carbonyl (C=O) groups excluding carboxylic acids is 1. The molecule has 6 nitrogen and oxygen atoms in total. The molecule has 1 atom stereocenters. The lowest BCUT2D eigenvalue weighted by molar-refractivity contribution is -0.117. The number of aromatic nitrogens is 1. The largest absolute Gasteiger partial charge is 0.310 e. The highest BCUT2D eigenvalue weighted by atomic mass is 19.1. The zero-order valence-corrected chi connectivity index (χ0v) is 18.3. The van der Waals surface area contributed by atoms with Gasteiger partial charge in [-0.05, 0) is 89.0 Å². The molecule has 1 N–H and O–H groups in total. The number of halogens is 1. The smallest absolute Gasteiger partial charge is 0.239 e.